The maximum Gasteiger partial charge on any atom is 0.322 e. The molecule has 0 spiro atoms. The molecule has 11 nitrogen and oxygen atoms in total. The third-order valence-corrected chi connectivity index (χ3v) is 5.88. The average molecular weight is 452 g/mol. The lowest BCUT2D eigenvalue weighted by Gasteiger charge is -2.35. The highest BCUT2D eigenvalue weighted by atomic mass is 16.4. The predicted octanol–water partition coefficient (Wildman–Crippen LogP) is -0.380. The van der Waals surface area contributed by atoms with Crippen LogP contribution in [0.1, 0.15) is 25.2 Å². The molecule has 0 fully saturated rings. The van der Waals surface area contributed by atoms with Crippen LogP contribution in [0.3, 0.4) is 0 Å². The normalized spacial score (nSPS) is 19.8. The zero-order chi connectivity index (χ0) is 23.8. The Kier molecular flexibility index (Phi) is 9.51. The Morgan fingerprint density at radius 3 is 1.84 bits per heavy atom. The topological polar surface area (TPSA) is 147 Å². The Hall–Kier alpha value is -2.60. The number of aliphatic carboxylic acids is 3. The smallest absolute Gasteiger partial charge is 0.322 e. The van der Waals surface area contributed by atoms with E-state index in [1.165, 1.54) is 0 Å². The van der Waals surface area contributed by atoms with Crippen LogP contribution < -0.4 is 5.32 Å². The van der Waals surface area contributed by atoms with Gasteiger partial charge < -0.3 is 20.6 Å². The summed E-state index contributed by atoms with van der Waals surface area (Å²) in [5, 5.41) is 31.8. The SMILES string of the molecule is CNCC(C(=O)O)N1CCN(C(C)C(=O)O)CCN(C(C)C(=O)O)Cc2cccc(n2)C1. The van der Waals surface area contributed by atoms with Gasteiger partial charge >= 0.3 is 17.9 Å². The predicted molar refractivity (Wildman–Crippen MR) is 116 cm³/mol. The minimum absolute atomic E-state index is 0.230. The fourth-order valence-electron chi connectivity index (χ4n) is 3.77. The van der Waals surface area contributed by atoms with E-state index in [-0.39, 0.29) is 19.6 Å². The molecule has 32 heavy (non-hydrogen) atoms. The van der Waals surface area contributed by atoms with E-state index in [4.69, 9.17) is 0 Å². The van der Waals surface area contributed by atoms with Gasteiger partial charge in [0.15, 0.2) is 0 Å². The summed E-state index contributed by atoms with van der Waals surface area (Å²) in [7, 11) is 1.68. The molecule has 3 unspecified atom stereocenters. The van der Waals surface area contributed by atoms with Gasteiger partial charge in [-0.25, -0.2) is 0 Å². The van der Waals surface area contributed by atoms with Crippen molar-refractivity contribution >= 4 is 17.9 Å². The molecule has 4 N–H and O–H groups in total. The molecular weight excluding hydrogens is 418 g/mol. The number of hydrogen-bond donors (Lipinski definition) is 4. The summed E-state index contributed by atoms with van der Waals surface area (Å²) in [5.41, 5.74) is 1.35. The Labute approximate surface area is 187 Å². The number of carbonyl (C=O) groups is 3. The molecule has 0 saturated carbocycles. The summed E-state index contributed by atoms with van der Waals surface area (Å²) in [6.45, 7) is 5.25. The van der Waals surface area contributed by atoms with Crippen LogP contribution >= 0.6 is 0 Å². The minimum atomic E-state index is -0.988. The van der Waals surface area contributed by atoms with Gasteiger partial charge in [0.25, 0.3) is 0 Å². The largest absolute Gasteiger partial charge is 0.480 e. The highest BCUT2D eigenvalue weighted by Gasteiger charge is 2.30. The summed E-state index contributed by atoms with van der Waals surface area (Å²) in [6.07, 6.45) is 0. The maximum atomic E-state index is 11.9. The Morgan fingerprint density at radius 1 is 0.875 bits per heavy atom. The summed E-state index contributed by atoms with van der Waals surface area (Å²) >= 11 is 0. The molecule has 1 aromatic rings. The molecule has 11 heteroatoms. The van der Waals surface area contributed by atoms with Crippen molar-refractivity contribution in [2.75, 3.05) is 39.8 Å². The highest BCUT2D eigenvalue weighted by Crippen LogP contribution is 2.14. The van der Waals surface area contributed by atoms with Crippen LogP contribution in [0.2, 0.25) is 0 Å². The van der Waals surface area contributed by atoms with E-state index >= 15 is 0 Å². The van der Waals surface area contributed by atoms with Crippen LogP contribution in [0, 0.1) is 0 Å². The Morgan fingerprint density at radius 2 is 1.34 bits per heavy atom. The first-order valence-electron chi connectivity index (χ1n) is 10.6. The van der Waals surface area contributed by atoms with E-state index < -0.39 is 36.0 Å². The molecule has 1 aromatic heterocycles. The second-order valence-corrected chi connectivity index (χ2v) is 8.04. The van der Waals surface area contributed by atoms with Gasteiger partial charge in [-0.3, -0.25) is 34.1 Å². The number of carboxylic acids is 3. The number of pyridine rings is 1. The Bertz CT molecular complexity index is 807. The molecular formula is C21H33N5O6. The van der Waals surface area contributed by atoms with Crippen molar-refractivity contribution in [3.63, 3.8) is 0 Å². The van der Waals surface area contributed by atoms with Crippen LogP contribution in [-0.2, 0) is 27.5 Å². The quantitative estimate of drug-likeness (QED) is 0.410. The first kappa shape index (κ1) is 25.7. The first-order valence-corrected chi connectivity index (χ1v) is 10.6. The van der Waals surface area contributed by atoms with Crippen LogP contribution in [0.15, 0.2) is 18.2 Å². The summed E-state index contributed by atoms with van der Waals surface area (Å²) in [4.78, 5) is 45.2. The number of likely N-dealkylation sites (N-methyl/N-ethyl adjacent to an activating group) is 1. The van der Waals surface area contributed by atoms with Gasteiger partial charge in [-0.05, 0) is 33.0 Å². The average Bonchev–Trinajstić information content (AvgIpc) is 2.74. The van der Waals surface area contributed by atoms with E-state index in [9.17, 15) is 29.7 Å². The molecule has 1 aliphatic heterocycles. The molecule has 3 atom stereocenters. The third-order valence-electron chi connectivity index (χ3n) is 5.88. The van der Waals surface area contributed by atoms with Crippen molar-refractivity contribution in [2.45, 2.75) is 45.1 Å². The van der Waals surface area contributed by atoms with E-state index in [1.807, 2.05) is 12.1 Å². The van der Waals surface area contributed by atoms with Crippen LogP contribution in [0.25, 0.3) is 0 Å². The van der Waals surface area contributed by atoms with Crippen LogP contribution in [0.4, 0.5) is 0 Å². The van der Waals surface area contributed by atoms with E-state index in [1.54, 1.807) is 41.7 Å². The van der Waals surface area contributed by atoms with Gasteiger partial charge in [0.05, 0.1) is 11.4 Å². The standard InChI is InChI=1S/C21H33N5O6/c1-14(19(27)28)24-7-9-25(15(2)20(29)30)12-16-5-4-6-17(23-16)13-26(10-8-24)18(11-22-3)21(31)32/h4-6,14-15,18,22H,7-13H2,1-3H3,(H,27,28)(H,29,30)(H,31,32). The molecule has 2 rings (SSSR count). The number of hydrogen-bond acceptors (Lipinski definition) is 8. The molecule has 1 aliphatic rings. The van der Waals surface area contributed by atoms with E-state index in [2.05, 4.69) is 10.3 Å². The summed E-state index contributed by atoms with van der Waals surface area (Å²) in [5.74, 6) is -2.92. The zero-order valence-corrected chi connectivity index (χ0v) is 18.8. The summed E-state index contributed by atoms with van der Waals surface area (Å²) in [6, 6.07) is 3.07. The number of nitrogens with zero attached hydrogens (tertiary/aromatic N) is 4. The number of aromatic nitrogens is 1. The fourth-order valence-corrected chi connectivity index (χ4v) is 3.77. The van der Waals surface area contributed by atoms with Crippen molar-refractivity contribution in [1.29, 1.82) is 0 Å². The summed E-state index contributed by atoms with van der Waals surface area (Å²) < 4.78 is 0. The van der Waals surface area contributed by atoms with Gasteiger partial charge in [0.2, 0.25) is 0 Å². The van der Waals surface area contributed by atoms with E-state index in [0.29, 0.717) is 37.6 Å². The molecule has 178 valence electrons. The highest BCUT2D eigenvalue weighted by molar-refractivity contribution is 5.74. The second-order valence-electron chi connectivity index (χ2n) is 8.04. The number of carboxylic acid groups (broad SMARTS) is 3. The van der Waals surface area contributed by atoms with Crippen molar-refractivity contribution < 1.29 is 29.7 Å². The van der Waals surface area contributed by atoms with Crippen molar-refractivity contribution in [3.05, 3.63) is 29.6 Å². The van der Waals surface area contributed by atoms with Crippen molar-refractivity contribution in [3.8, 4) is 0 Å². The molecule has 0 amide bonds. The molecule has 2 bridgehead atoms. The van der Waals surface area contributed by atoms with Gasteiger partial charge in [-0.1, -0.05) is 6.07 Å². The zero-order valence-electron chi connectivity index (χ0n) is 18.8. The van der Waals surface area contributed by atoms with Crippen molar-refractivity contribution in [1.82, 2.24) is 25.0 Å². The molecule has 2 heterocycles. The maximum absolute atomic E-state index is 11.9. The van der Waals surface area contributed by atoms with Gasteiger partial charge in [0.1, 0.15) is 18.1 Å². The lowest BCUT2D eigenvalue weighted by Crippen LogP contribution is -2.52. The number of fused-ring (bicyclic) bond motifs is 2. The molecule has 0 saturated heterocycles. The molecule has 0 aliphatic carbocycles. The van der Waals surface area contributed by atoms with Gasteiger partial charge in [0, 0.05) is 45.8 Å². The lowest BCUT2D eigenvalue weighted by molar-refractivity contribution is -0.146. The van der Waals surface area contributed by atoms with Gasteiger partial charge in [-0.15, -0.1) is 0 Å². The van der Waals surface area contributed by atoms with E-state index in [0.717, 1.165) is 0 Å². The number of rotatable bonds is 8. The lowest BCUT2D eigenvalue weighted by atomic mass is 10.1. The van der Waals surface area contributed by atoms with Crippen molar-refractivity contribution in [2.24, 2.45) is 0 Å². The first-order chi connectivity index (χ1) is 15.1. The Balaban J connectivity index is 2.42. The monoisotopic (exact) mass is 451 g/mol. The third kappa shape index (κ3) is 6.95. The van der Waals surface area contributed by atoms with Crippen LogP contribution in [0.5, 0.6) is 0 Å². The molecule has 0 radical (unpaired) electrons. The van der Waals surface area contributed by atoms with Crippen LogP contribution in [-0.4, -0.2) is 111 Å². The fraction of sp³-hybridized carbons (Fsp3) is 0.619. The number of nitrogens with one attached hydrogen (secondary N) is 1. The second kappa shape index (κ2) is 11.9. The molecule has 0 aromatic carbocycles. The van der Waals surface area contributed by atoms with Gasteiger partial charge in [-0.2, -0.15) is 0 Å². The minimum Gasteiger partial charge on any atom is -0.480 e.